The van der Waals surface area contributed by atoms with E-state index < -0.39 is 5.60 Å². The van der Waals surface area contributed by atoms with Gasteiger partial charge in [-0.25, -0.2) is 4.79 Å². The molecular weight excluding hydrogens is 268 g/mol. The second-order valence-electron chi connectivity index (χ2n) is 6.73. The molecule has 0 aromatic carbocycles. The van der Waals surface area contributed by atoms with Gasteiger partial charge in [-0.1, -0.05) is 12.2 Å². The maximum absolute atomic E-state index is 12.3. The Morgan fingerprint density at radius 2 is 1.81 bits per heavy atom. The summed E-state index contributed by atoms with van der Waals surface area (Å²) in [7, 11) is 0. The highest BCUT2D eigenvalue weighted by Gasteiger charge is 2.43. The van der Waals surface area contributed by atoms with E-state index in [1.165, 1.54) is 0 Å². The van der Waals surface area contributed by atoms with Crippen molar-refractivity contribution in [2.75, 3.05) is 19.6 Å². The Hall–Kier alpha value is -1.52. The lowest BCUT2D eigenvalue weighted by molar-refractivity contribution is -0.150. The first-order valence-electron chi connectivity index (χ1n) is 7.82. The number of allylic oxidation sites excluding steroid dienone is 2. The van der Waals surface area contributed by atoms with E-state index in [9.17, 15) is 9.59 Å². The van der Waals surface area contributed by atoms with E-state index in [1.807, 2.05) is 25.7 Å². The molecule has 2 amide bonds. The Labute approximate surface area is 126 Å². The van der Waals surface area contributed by atoms with Crippen molar-refractivity contribution >= 4 is 12.0 Å². The van der Waals surface area contributed by atoms with Gasteiger partial charge in [-0.2, -0.15) is 0 Å². The van der Waals surface area contributed by atoms with Crippen LogP contribution in [0.25, 0.3) is 0 Å². The summed E-state index contributed by atoms with van der Waals surface area (Å²) in [5, 5.41) is 0. The van der Waals surface area contributed by atoms with Gasteiger partial charge in [-0.3, -0.25) is 9.69 Å². The zero-order valence-electron chi connectivity index (χ0n) is 13.3. The highest BCUT2D eigenvalue weighted by Crippen LogP contribution is 2.21. The largest absolute Gasteiger partial charge is 0.444 e. The Bertz CT molecular complexity index is 426. The van der Waals surface area contributed by atoms with Crippen LogP contribution in [0.15, 0.2) is 12.2 Å². The van der Waals surface area contributed by atoms with Crippen LogP contribution in [0.2, 0.25) is 0 Å². The summed E-state index contributed by atoms with van der Waals surface area (Å²) in [5.74, 6) is 0.0606. The van der Waals surface area contributed by atoms with Gasteiger partial charge in [0.1, 0.15) is 11.6 Å². The van der Waals surface area contributed by atoms with Crippen molar-refractivity contribution in [3.8, 4) is 0 Å². The standard InChI is InChI=1S/C16H26N2O3/c1-16(2,3)21-15(20)18-11-9-7-5-4-6-8-10-17-12-13(18)14(17)19/h4-5,13H,6-12H2,1-3H3/b5-4-/t13-/m0/s1. The normalized spacial score (nSPS) is 25.5. The minimum absolute atomic E-state index is 0.0606. The van der Waals surface area contributed by atoms with Crippen LogP contribution in [0.3, 0.4) is 0 Å². The van der Waals surface area contributed by atoms with Gasteiger partial charge in [-0.05, 0) is 46.5 Å². The number of β-lactam (4-membered cyclic amide) rings is 1. The maximum Gasteiger partial charge on any atom is 0.411 e. The minimum Gasteiger partial charge on any atom is -0.444 e. The fourth-order valence-corrected chi connectivity index (χ4v) is 2.62. The maximum atomic E-state index is 12.3. The van der Waals surface area contributed by atoms with Gasteiger partial charge in [0, 0.05) is 13.1 Å². The predicted molar refractivity (Wildman–Crippen MR) is 80.9 cm³/mol. The van der Waals surface area contributed by atoms with Crippen molar-refractivity contribution in [2.24, 2.45) is 0 Å². The summed E-state index contributed by atoms with van der Waals surface area (Å²) < 4.78 is 5.44. The van der Waals surface area contributed by atoms with Crippen molar-refractivity contribution in [3.63, 3.8) is 0 Å². The molecule has 1 fully saturated rings. The molecule has 3 aliphatic rings. The van der Waals surface area contributed by atoms with E-state index in [2.05, 4.69) is 12.2 Å². The topological polar surface area (TPSA) is 49.9 Å². The van der Waals surface area contributed by atoms with E-state index in [4.69, 9.17) is 4.74 Å². The minimum atomic E-state index is -0.535. The van der Waals surface area contributed by atoms with Gasteiger partial charge in [0.15, 0.2) is 0 Å². The van der Waals surface area contributed by atoms with E-state index >= 15 is 0 Å². The third-order valence-corrected chi connectivity index (χ3v) is 3.73. The number of rotatable bonds is 0. The van der Waals surface area contributed by atoms with Crippen LogP contribution in [-0.4, -0.2) is 53.1 Å². The number of carbonyl (C=O) groups is 2. The van der Waals surface area contributed by atoms with Gasteiger partial charge in [0.05, 0.1) is 6.54 Å². The molecular formula is C16H26N2O3. The average Bonchev–Trinajstić information content (AvgIpc) is 2.35. The van der Waals surface area contributed by atoms with Crippen LogP contribution in [0.1, 0.15) is 46.5 Å². The zero-order valence-corrected chi connectivity index (χ0v) is 13.3. The van der Waals surface area contributed by atoms with Gasteiger partial charge in [-0.15, -0.1) is 0 Å². The molecule has 3 aliphatic heterocycles. The lowest BCUT2D eigenvalue weighted by Crippen LogP contribution is -2.65. The highest BCUT2D eigenvalue weighted by molar-refractivity contribution is 5.91. The lowest BCUT2D eigenvalue weighted by Gasteiger charge is -2.44. The number of hydrogen-bond acceptors (Lipinski definition) is 3. The summed E-state index contributed by atoms with van der Waals surface area (Å²) in [6, 6.07) is -0.330. The van der Waals surface area contributed by atoms with Crippen LogP contribution in [0, 0.1) is 0 Å². The third kappa shape index (κ3) is 4.22. The van der Waals surface area contributed by atoms with Gasteiger partial charge in [0.2, 0.25) is 5.91 Å². The lowest BCUT2D eigenvalue weighted by atomic mass is 10.0. The van der Waals surface area contributed by atoms with E-state index in [0.717, 1.165) is 32.2 Å². The Morgan fingerprint density at radius 1 is 1.19 bits per heavy atom. The Kier molecular flexibility index (Phi) is 4.91. The van der Waals surface area contributed by atoms with Crippen LogP contribution in [0.5, 0.6) is 0 Å². The Balaban J connectivity index is 2.05. The molecule has 0 unspecified atom stereocenters. The van der Waals surface area contributed by atoms with Gasteiger partial charge >= 0.3 is 6.09 Å². The Morgan fingerprint density at radius 3 is 2.38 bits per heavy atom. The van der Waals surface area contributed by atoms with Crippen LogP contribution >= 0.6 is 0 Å². The molecule has 0 radical (unpaired) electrons. The summed E-state index contributed by atoms with van der Waals surface area (Å²) in [6.45, 7) is 7.53. The first kappa shape index (κ1) is 15.9. The highest BCUT2D eigenvalue weighted by atomic mass is 16.6. The zero-order chi connectivity index (χ0) is 15.5. The van der Waals surface area contributed by atoms with Crippen molar-refractivity contribution in [2.45, 2.75) is 58.1 Å². The molecule has 0 aliphatic carbocycles. The SMILES string of the molecule is CC(C)(C)OC(=O)N1CCC/C=C\CCCN2C[C@H]1C2=O. The molecule has 1 atom stereocenters. The first-order valence-corrected chi connectivity index (χ1v) is 7.82. The third-order valence-electron chi connectivity index (χ3n) is 3.73. The van der Waals surface area contributed by atoms with Crippen molar-refractivity contribution in [3.05, 3.63) is 12.2 Å². The molecule has 5 nitrogen and oxygen atoms in total. The number of hydrogen-bond donors (Lipinski definition) is 0. The fourth-order valence-electron chi connectivity index (χ4n) is 2.62. The molecule has 0 spiro atoms. The molecule has 3 heterocycles. The molecule has 0 saturated carbocycles. The molecule has 0 N–H and O–H groups in total. The summed E-state index contributed by atoms with van der Waals surface area (Å²) in [4.78, 5) is 28.0. The molecule has 21 heavy (non-hydrogen) atoms. The number of carbonyl (C=O) groups excluding carboxylic acids is 2. The van der Waals surface area contributed by atoms with Gasteiger partial charge in [0.25, 0.3) is 0 Å². The van der Waals surface area contributed by atoms with E-state index in [0.29, 0.717) is 13.1 Å². The molecule has 1 saturated heterocycles. The monoisotopic (exact) mass is 294 g/mol. The number of nitrogens with zero attached hydrogens (tertiary/aromatic N) is 2. The van der Waals surface area contributed by atoms with Crippen LogP contribution in [-0.2, 0) is 9.53 Å². The average molecular weight is 294 g/mol. The molecule has 118 valence electrons. The number of ether oxygens (including phenoxy) is 1. The number of amides is 2. The van der Waals surface area contributed by atoms with Crippen molar-refractivity contribution < 1.29 is 14.3 Å². The number of fused-ring (bicyclic) bond motifs is 7. The molecule has 5 heteroatoms. The summed E-state index contributed by atoms with van der Waals surface area (Å²) >= 11 is 0. The quantitative estimate of drug-likeness (QED) is 0.509. The van der Waals surface area contributed by atoms with Crippen LogP contribution < -0.4 is 0 Å². The molecule has 3 rings (SSSR count). The van der Waals surface area contributed by atoms with Gasteiger partial charge < -0.3 is 9.64 Å². The summed E-state index contributed by atoms with van der Waals surface area (Å²) in [6.07, 6.45) is 7.76. The fraction of sp³-hybridized carbons (Fsp3) is 0.750. The first-order chi connectivity index (χ1) is 9.88. The second-order valence-corrected chi connectivity index (χ2v) is 6.73. The smallest absolute Gasteiger partial charge is 0.411 e. The molecule has 0 aromatic rings. The second kappa shape index (κ2) is 6.50. The predicted octanol–water partition coefficient (Wildman–Crippen LogP) is 2.56. The van der Waals surface area contributed by atoms with Crippen molar-refractivity contribution in [1.29, 1.82) is 0 Å². The van der Waals surface area contributed by atoms with Crippen molar-refractivity contribution in [1.82, 2.24) is 9.80 Å². The van der Waals surface area contributed by atoms with E-state index in [-0.39, 0.29) is 18.0 Å². The molecule has 2 bridgehead atoms. The van der Waals surface area contributed by atoms with Crippen LogP contribution in [0.4, 0.5) is 4.79 Å². The summed E-state index contributed by atoms with van der Waals surface area (Å²) in [5.41, 5.74) is -0.535. The molecule has 0 aromatic heterocycles. The van der Waals surface area contributed by atoms with E-state index in [1.54, 1.807) is 4.90 Å².